The minimum atomic E-state index is -0.334. The molecule has 0 aliphatic heterocycles. The van der Waals surface area contributed by atoms with E-state index < -0.39 is 0 Å². The van der Waals surface area contributed by atoms with Gasteiger partial charge in [-0.25, -0.2) is 0 Å². The zero-order valence-corrected chi connectivity index (χ0v) is 15.6. The highest BCUT2D eigenvalue weighted by Gasteiger charge is 2.24. The Morgan fingerprint density at radius 3 is 2.73 bits per heavy atom. The second kappa shape index (κ2) is 8.72. The first-order valence-corrected chi connectivity index (χ1v) is 9.76. The first-order valence-electron chi connectivity index (χ1n) is 8.94. The van der Waals surface area contributed by atoms with Crippen LogP contribution in [-0.4, -0.2) is 25.6 Å². The Labute approximate surface area is 158 Å². The lowest BCUT2D eigenvalue weighted by Gasteiger charge is -2.23. The highest BCUT2D eigenvalue weighted by Crippen LogP contribution is 2.39. The van der Waals surface area contributed by atoms with Gasteiger partial charge in [-0.2, -0.15) is 5.26 Å². The van der Waals surface area contributed by atoms with Crippen LogP contribution >= 0.6 is 11.3 Å². The number of fused-ring (bicyclic) bond motifs is 1. The number of hydrogen-bond acceptors (Lipinski definition) is 5. The van der Waals surface area contributed by atoms with Gasteiger partial charge in [-0.1, -0.05) is 18.2 Å². The summed E-state index contributed by atoms with van der Waals surface area (Å²) in [6.07, 6.45) is 4.59. The van der Waals surface area contributed by atoms with Crippen molar-refractivity contribution in [3.05, 3.63) is 46.3 Å². The van der Waals surface area contributed by atoms with Gasteiger partial charge in [0.15, 0.2) is 0 Å². The average Bonchev–Trinajstić information content (AvgIpc) is 3.03. The van der Waals surface area contributed by atoms with Crippen LogP contribution in [0.15, 0.2) is 30.3 Å². The van der Waals surface area contributed by atoms with Gasteiger partial charge in [0.2, 0.25) is 5.91 Å². The van der Waals surface area contributed by atoms with E-state index in [9.17, 15) is 10.1 Å². The molecule has 0 fully saturated rings. The summed E-state index contributed by atoms with van der Waals surface area (Å²) in [6.45, 7) is 1.59. The molecule has 0 saturated heterocycles. The number of benzene rings is 1. The van der Waals surface area contributed by atoms with E-state index in [0.29, 0.717) is 19.7 Å². The minimum Gasteiger partial charge on any atom is -0.492 e. The quantitative estimate of drug-likeness (QED) is 0.774. The summed E-state index contributed by atoms with van der Waals surface area (Å²) in [4.78, 5) is 14.7. The minimum absolute atomic E-state index is 0.263. The highest BCUT2D eigenvalue weighted by atomic mass is 32.1. The number of rotatable bonds is 8. The summed E-state index contributed by atoms with van der Waals surface area (Å²) < 4.78 is 5.80. The number of ether oxygens (including phenoxy) is 1. The Bertz CT molecular complexity index is 795. The highest BCUT2D eigenvalue weighted by molar-refractivity contribution is 7.16. The van der Waals surface area contributed by atoms with Crippen LogP contribution < -0.4 is 15.4 Å². The molecule has 3 rings (SSSR count). The SMILES string of the molecule is N#Cc1c(N(CCOc2ccccc2)CCC(N)=O)sc2c1CCCC2. The Hall–Kier alpha value is -2.52. The molecule has 2 N–H and O–H groups in total. The molecule has 1 aliphatic rings. The van der Waals surface area contributed by atoms with Crippen LogP contribution in [0.25, 0.3) is 0 Å². The molecule has 1 aromatic carbocycles. The maximum Gasteiger partial charge on any atom is 0.219 e. The maximum absolute atomic E-state index is 11.3. The standard InChI is InChI=1S/C20H23N3O2S/c21-14-17-16-8-4-5-9-18(16)26-20(17)23(11-10-19(22)24)12-13-25-15-6-2-1-3-7-15/h1-3,6-7H,4-5,8-13H2,(H2,22,24). The molecule has 0 atom stereocenters. The molecule has 0 radical (unpaired) electrons. The molecular formula is C20H23N3O2S. The first kappa shape index (κ1) is 18.3. The van der Waals surface area contributed by atoms with Gasteiger partial charge < -0.3 is 15.4 Å². The zero-order chi connectivity index (χ0) is 18.4. The summed E-state index contributed by atoms with van der Waals surface area (Å²) in [5.41, 5.74) is 7.32. The average molecular weight is 369 g/mol. The number of hydrogen-bond donors (Lipinski definition) is 1. The lowest BCUT2D eigenvalue weighted by Crippen LogP contribution is -2.31. The molecule has 5 nitrogen and oxygen atoms in total. The van der Waals surface area contributed by atoms with Crippen molar-refractivity contribution in [3.8, 4) is 11.8 Å². The van der Waals surface area contributed by atoms with Crippen molar-refractivity contribution >= 4 is 22.2 Å². The van der Waals surface area contributed by atoms with Crippen LogP contribution in [0.1, 0.15) is 35.3 Å². The lowest BCUT2D eigenvalue weighted by atomic mass is 9.96. The molecule has 1 amide bonds. The molecule has 26 heavy (non-hydrogen) atoms. The smallest absolute Gasteiger partial charge is 0.219 e. The molecule has 0 spiro atoms. The number of anilines is 1. The van der Waals surface area contributed by atoms with Crippen molar-refractivity contribution in [3.63, 3.8) is 0 Å². The second-order valence-corrected chi connectivity index (χ2v) is 7.45. The van der Waals surface area contributed by atoms with Gasteiger partial charge in [0.05, 0.1) is 12.1 Å². The molecule has 6 heteroatoms. The fourth-order valence-electron chi connectivity index (χ4n) is 3.24. The van der Waals surface area contributed by atoms with Crippen molar-refractivity contribution in [1.29, 1.82) is 5.26 Å². The van der Waals surface area contributed by atoms with Crippen LogP contribution in [0.4, 0.5) is 5.00 Å². The molecule has 0 saturated carbocycles. The van der Waals surface area contributed by atoms with Crippen LogP contribution in [0.5, 0.6) is 5.75 Å². The number of para-hydroxylation sites is 1. The monoisotopic (exact) mass is 369 g/mol. The number of carbonyl (C=O) groups is 1. The lowest BCUT2D eigenvalue weighted by molar-refractivity contribution is -0.117. The van der Waals surface area contributed by atoms with Crippen molar-refractivity contribution in [2.24, 2.45) is 5.73 Å². The van der Waals surface area contributed by atoms with Gasteiger partial charge in [0.25, 0.3) is 0 Å². The van der Waals surface area contributed by atoms with E-state index in [0.717, 1.165) is 35.6 Å². The Balaban J connectivity index is 1.76. The van der Waals surface area contributed by atoms with E-state index >= 15 is 0 Å². The maximum atomic E-state index is 11.3. The molecule has 0 unspecified atom stereocenters. The van der Waals surface area contributed by atoms with E-state index in [4.69, 9.17) is 10.5 Å². The fourth-order valence-corrected chi connectivity index (χ4v) is 4.63. The number of carbonyl (C=O) groups excluding carboxylic acids is 1. The molecule has 1 aliphatic carbocycles. The van der Waals surface area contributed by atoms with Gasteiger partial charge in [0.1, 0.15) is 23.4 Å². The topological polar surface area (TPSA) is 79.3 Å². The number of nitrogens with two attached hydrogens (primary N) is 1. The predicted octanol–water partition coefficient (Wildman–Crippen LogP) is 3.26. The fraction of sp³-hybridized carbons (Fsp3) is 0.400. The third-order valence-corrected chi connectivity index (χ3v) is 5.91. The van der Waals surface area contributed by atoms with Crippen LogP contribution in [0, 0.1) is 11.3 Å². The summed E-state index contributed by atoms with van der Waals surface area (Å²) in [5.74, 6) is 0.479. The van der Waals surface area contributed by atoms with Crippen LogP contribution in [0.2, 0.25) is 0 Å². The van der Waals surface area contributed by atoms with E-state index in [-0.39, 0.29) is 12.3 Å². The molecule has 1 aromatic heterocycles. The van der Waals surface area contributed by atoms with Gasteiger partial charge in [-0.3, -0.25) is 4.79 Å². The predicted molar refractivity (Wildman–Crippen MR) is 104 cm³/mol. The molecule has 2 aromatic rings. The Morgan fingerprint density at radius 2 is 2.00 bits per heavy atom. The van der Waals surface area contributed by atoms with E-state index in [1.165, 1.54) is 16.9 Å². The van der Waals surface area contributed by atoms with Crippen LogP contribution in [0.3, 0.4) is 0 Å². The Kier molecular flexibility index (Phi) is 6.13. The number of thiophene rings is 1. The van der Waals surface area contributed by atoms with Gasteiger partial charge in [-0.05, 0) is 43.4 Å². The van der Waals surface area contributed by atoms with Gasteiger partial charge in [-0.15, -0.1) is 11.3 Å². The summed E-state index contributed by atoms with van der Waals surface area (Å²) in [7, 11) is 0. The van der Waals surface area contributed by atoms with E-state index in [2.05, 4.69) is 11.0 Å². The number of nitrogens with zero attached hydrogens (tertiary/aromatic N) is 2. The largest absolute Gasteiger partial charge is 0.492 e. The van der Waals surface area contributed by atoms with Crippen molar-refractivity contribution in [2.45, 2.75) is 32.1 Å². The van der Waals surface area contributed by atoms with Crippen molar-refractivity contribution < 1.29 is 9.53 Å². The molecular weight excluding hydrogens is 346 g/mol. The third-order valence-electron chi connectivity index (χ3n) is 4.55. The summed E-state index contributed by atoms with van der Waals surface area (Å²) in [5, 5.41) is 10.7. The zero-order valence-electron chi connectivity index (χ0n) is 14.7. The molecule has 0 bridgehead atoms. The van der Waals surface area contributed by atoms with E-state index in [1.807, 2.05) is 30.3 Å². The van der Waals surface area contributed by atoms with Crippen LogP contribution in [-0.2, 0) is 17.6 Å². The first-order chi connectivity index (χ1) is 12.7. The van der Waals surface area contributed by atoms with Crippen molar-refractivity contribution in [2.75, 3.05) is 24.6 Å². The summed E-state index contributed by atoms with van der Waals surface area (Å²) in [6, 6.07) is 12.0. The molecule has 136 valence electrons. The third kappa shape index (κ3) is 4.36. The molecule has 1 heterocycles. The Morgan fingerprint density at radius 1 is 1.23 bits per heavy atom. The number of amides is 1. The normalized spacial score (nSPS) is 12.9. The number of aryl methyl sites for hydroxylation is 1. The second-order valence-electron chi connectivity index (χ2n) is 6.37. The van der Waals surface area contributed by atoms with Gasteiger partial charge >= 0.3 is 0 Å². The number of nitriles is 1. The van der Waals surface area contributed by atoms with Crippen molar-refractivity contribution in [1.82, 2.24) is 0 Å². The van der Waals surface area contributed by atoms with Gasteiger partial charge in [0, 0.05) is 17.8 Å². The summed E-state index contributed by atoms with van der Waals surface area (Å²) >= 11 is 1.69. The number of primary amides is 1. The van der Waals surface area contributed by atoms with E-state index in [1.54, 1.807) is 11.3 Å².